The van der Waals surface area contributed by atoms with Gasteiger partial charge in [-0.25, -0.2) is 0 Å². The number of benzene rings is 1. The van der Waals surface area contributed by atoms with E-state index in [-0.39, 0.29) is 35.7 Å². The molecule has 0 aromatic heterocycles. The molecule has 3 N–H and O–H groups in total. The molecule has 2 amide bonds. The topological polar surface area (TPSA) is 70.2 Å². The number of carbonyl (C=O) groups is 2. The number of amides is 2. The minimum absolute atomic E-state index is 0. The van der Waals surface area contributed by atoms with Gasteiger partial charge < -0.3 is 16.0 Å². The molecule has 25 heavy (non-hydrogen) atoms. The van der Waals surface area contributed by atoms with Gasteiger partial charge in [-0.1, -0.05) is 25.0 Å². The van der Waals surface area contributed by atoms with E-state index in [9.17, 15) is 9.59 Å². The first-order chi connectivity index (χ1) is 11.5. The molecule has 1 saturated carbocycles. The van der Waals surface area contributed by atoms with Crippen molar-refractivity contribution in [1.82, 2.24) is 10.6 Å². The number of nitrogens with one attached hydrogen (secondary N) is 3. The molecule has 2 aliphatic rings. The summed E-state index contributed by atoms with van der Waals surface area (Å²) in [6.45, 7) is 5.25. The second kappa shape index (κ2) is 8.19. The molecule has 138 valence electrons. The third kappa shape index (κ3) is 4.15. The summed E-state index contributed by atoms with van der Waals surface area (Å²) in [7, 11) is 0. The Morgan fingerprint density at radius 3 is 2.88 bits per heavy atom. The molecule has 0 spiro atoms. The largest absolute Gasteiger partial charge is 0.349 e. The maximum atomic E-state index is 13.0. The fraction of sp³-hybridized carbons (Fsp3) is 0.579. The van der Waals surface area contributed by atoms with Crippen molar-refractivity contribution in [3.8, 4) is 0 Å². The molecule has 6 heteroatoms. The molecular weight excluding hydrogens is 338 g/mol. The molecule has 1 saturated heterocycles. The van der Waals surface area contributed by atoms with E-state index >= 15 is 0 Å². The highest BCUT2D eigenvalue weighted by molar-refractivity contribution is 5.88. The average Bonchev–Trinajstić information content (AvgIpc) is 2.99. The lowest BCUT2D eigenvalue weighted by Gasteiger charge is -2.38. The number of carbonyl (C=O) groups excluding carboxylic acids is 2. The quantitative estimate of drug-likeness (QED) is 0.768. The van der Waals surface area contributed by atoms with Crippen LogP contribution in [0.1, 0.15) is 51.1 Å². The Labute approximate surface area is 155 Å². The molecule has 1 aliphatic heterocycles. The van der Waals surface area contributed by atoms with Crippen molar-refractivity contribution in [3.63, 3.8) is 0 Å². The van der Waals surface area contributed by atoms with Crippen molar-refractivity contribution in [2.24, 2.45) is 11.3 Å². The van der Waals surface area contributed by atoms with Gasteiger partial charge in [0.05, 0.1) is 11.5 Å². The normalized spacial score (nSPS) is 26.1. The van der Waals surface area contributed by atoms with Crippen molar-refractivity contribution in [1.29, 1.82) is 0 Å². The van der Waals surface area contributed by atoms with E-state index in [2.05, 4.69) is 16.0 Å². The van der Waals surface area contributed by atoms with Gasteiger partial charge in [0.1, 0.15) is 0 Å². The van der Waals surface area contributed by atoms with Crippen LogP contribution in [0.25, 0.3) is 0 Å². The molecule has 3 atom stereocenters. The first-order valence-electron chi connectivity index (χ1n) is 8.90. The van der Waals surface area contributed by atoms with E-state index in [0.717, 1.165) is 43.6 Å². The fourth-order valence-electron chi connectivity index (χ4n) is 4.20. The number of anilines is 1. The SMILES string of the molecule is CC(=O)Nc1cccc(C(C)NC(=O)[C@@]23CCCC[C@H]2CNC3)c1.Cl. The fourth-order valence-corrected chi connectivity index (χ4v) is 4.20. The van der Waals surface area contributed by atoms with Crippen molar-refractivity contribution in [2.75, 3.05) is 18.4 Å². The predicted molar refractivity (Wildman–Crippen MR) is 102 cm³/mol. The highest BCUT2D eigenvalue weighted by atomic mass is 35.5. The molecule has 1 aromatic carbocycles. The highest BCUT2D eigenvalue weighted by Gasteiger charge is 2.49. The van der Waals surface area contributed by atoms with Gasteiger partial charge >= 0.3 is 0 Å². The molecule has 1 aromatic rings. The van der Waals surface area contributed by atoms with Gasteiger partial charge in [0.15, 0.2) is 0 Å². The minimum Gasteiger partial charge on any atom is -0.349 e. The van der Waals surface area contributed by atoms with Crippen molar-refractivity contribution >= 4 is 29.9 Å². The number of hydrogen-bond acceptors (Lipinski definition) is 3. The Morgan fingerprint density at radius 2 is 2.12 bits per heavy atom. The zero-order valence-electron chi connectivity index (χ0n) is 14.9. The summed E-state index contributed by atoms with van der Waals surface area (Å²) >= 11 is 0. The van der Waals surface area contributed by atoms with Crippen LogP contribution in [0.2, 0.25) is 0 Å². The van der Waals surface area contributed by atoms with Gasteiger partial charge in [0.2, 0.25) is 11.8 Å². The predicted octanol–water partition coefficient (Wildman–Crippen LogP) is 3.02. The molecule has 1 unspecified atom stereocenters. The van der Waals surface area contributed by atoms with Crippen LogP contribution in [0, 0.1) is 11.3 Å². The van der Waals surface area contributed by atoms with Crippen LogP contribution in [0.4, 0.5) is 5.69 Å². The van der Waals surface area contributed by atoms with Crippen LogP contribution in [-0.4, -0.2) is 24.9 Å². The smallest absolute Gasteiger partial charge is 0.228 e. The third-order valence-electron chi connectivity index (χ3n) is 5.54. The van der Waals surface area contributed by atoms with Gasteiger partial charge in [-0.3, -0.25) is 9.59 Å². The van der Waals surface area contributed by atoms with Gasteiger partial charge in [-0.15, -0.1) is 12.4 Å². The summed E-state index contributed by atoms with van der Waals surface area (Å²) in [6.07, 6.45) is 4.50. The zero-order valence-corrected chi connectivity index (χ0v) is 15.7. The maximum Gasteiger partial charge on any atom is 0.228 e. The Kier molecular flexibility index (Phi) is 6.47. The number of rotatable bonds is 4. The second-order valence-electron chi connectivity index (χ2n) is 7.23. The molecular formula is C19H28ClN3O2. The van der Waals surface area contributed by atoms with Gasteiger partial charge in [-0.2, -0.15) is 0 Å². The van der Waals surface area contributed by atoms with E-state index in [4.69, 9.17) is 0 Å². The Balaban J connectivity index is 0.00000225. The van der Waals surface area contributed by atoms with Crippen LogP contribution in [-0.2, 0) is 9.59 Å². The maximum absolute atomic E-state index is 13.0. The molecule has 3 rings (SSSR count). The number of halogens is 1. The summed E-state index contributed by atoms with van der Waals surface area (Å²) < 4.78 is 0. The number of hydrogen-bond donors (Lipinski definition) is 3. The first kappa shape index (κ1) is 19.7. The van der Waals surface area contributed by atoms with Crippen molar-refractivity contribution in [3.05, 3.63) is 29.8 Å². The average molecular weight is 366 g/mol. The van der Waals surface area contributed by atoms with E-state index in [0.29, 0.717) is 5.92 Å². The molecule has 1 aliphatic carbocycles. The summed E-state index contributed by atoms with van der Waals surface area (Å²) in [6, 6.07) is 7.59. The van der Waals surface area contributed by atoms with Gasteiger partial charge in [-0.05, 0) is 49.9 Å². The second-order valence-corrected chi connectivity index (χ2v) is 7.23. The summed E-state index contributed by atoms with van der Waals surface area (Å²) in [4.78, 5) is 24.2. The molecule has 0 bridgehead atoms. The Hall–Kier alpha value is -1.59. The van der Waals surface area contributed by atoms with Gasteiger partial charge in [0, 0.05) is 19.2 Å². The summed E-state index contributed by atoms with van der Waals surface area (Å²) in [5, 5.41) is 9.43. The van der Waals surface area contributed by atoms with Crippen LogP contribution in [0.15, 0.2) is 24.3 Å². The van der Waals surface area contributed by atoms with E-state index in [1.54, 1.807) is 0 Å². The first-order valence-corrected chi connectivity index (χ1v) is 8.90. The zero-order chi connectivity index (χ0) is 17.2. The lowest BCUT2D eigenvalue weighted by atomic mass is 9.67. The van der Waals surface area contributed by atoms with Crippen molar-refractivity contribution < 1.29 is 9.59 Å². The lowest BCUT2D eigenvalue weighted by molar-refractivity contribution is -0.134. The summed E-state index contributed by atoms with van der Waals surface area (Å²) in [5.41, 5.74) is 1.53. The molecule has 2 fully saturated rings. The van der Waals surface area contributed by atoms with E-state index < -0.39 is 0 Å². The molecule has 1 heterocycles. The molecule has 0 radical (unpaired) electrons. The number of fused-ring (bicyclic) bond motifs is 1. The lowest BCUT2D eigenvalue weighted by Crippen LogP contribution is -2.48. The Bertz CT molecular complexity index is 637. The third-order valence-corrected chi connectivity index (χ3v) is 5.54. The highest BCUT2D eigenvalue weighted by Crippen LogP contribution is 2.44. The monoisotopic (exact) mass is 365 g/mol. The van der Waals surface area contributed by atoms with Crippen LogP contribution in [0.5, 0.6) is 0 Å². The van der Waals surface area contributed by atoms with Crippen LogP contribution < -0.4 is 16.0 Å². The van der Waals surface area contributed by atoms with Crippen LogP contribution in [0.3, 0.4) is 0 Å². The minimum atomic E-state index is -0.234. The van der Waals surface area contributed by atoms with Gasteiger partial charge in [0.25, 0.3) is 0 Å². The van der Waals surface area contributed by atoms with Crippen molar-refractivity contribution in [2.45, 2.75) is 45.6 Å². The van der Waals surface area contributed by atoms with E-state index in [1.807, 2.05) is 31.2 Å². The standard InChI is InChI=1S/C19H27N3O2.ClH/c1-13(15-6-5-8-17(10-15)22-14(2)23)21-18(24)19-9-4-3-7-16(19)11-20-12-19;/h5-6,8,10,13,16,20H,3-4,7,9,11-12H2,1-2H3,(H,21,24)(H,22,23);1H/t13?,16-,19+;/m0./s1. The van der Waals surface area contributed by atoms with E-state index in [1.165, 1.54) is 13.3 Å². The summed E-state index contributed by atoms with van der Waals surface area (Å²) in [5.74, 6) is 0.545. The van der Waals surface area contributed by atoms with Crippen LogP contribution >= 0.6 is 12.4 Å². The molecule has 5 nitrogen and oxygen atoms in total. The Morgan fingerprint density at radius 1 is 1.32 bits per heavy atom.